The highest BCUT2D eigenvalue weighted by Gasteiger charge is 2.48. The topological polar surface area (TPSA) is 59.0 Å². The summed E-state index contributed by atoms with van der Waals surface area (Å²) < 4.78 is 12.2. The standard InChI is InChI=1S/C21H41NO4Si2/c1-20(2,3)25-19(24)22-14-12-17(26-28(10,11)21(4,5)6)18(22)16(23)13-15-27(7,8)9/h16-18,23H,12,14H2,1-11H3/t16?,17-,18+/m0/s1. The molecule has 1 amide bonds. The molecule has 0 aliphatic carbocycles. The van der Waals surface area contributed by atoms with Gasteiger partial charge in [0.1, 0.15) is 19.8 Å². The van der Waals surface area contributed by atoms with Gasteiger partial charge in [-0.25, -0.2) is 4.79 Å². The van der Waals surface area contributed by atoms with Crippen LogP contribution in [0.3, 0.4) is 0 Å². The van der Waals surface area contributed by atoms with Crippen molar-refractivity contribution in [3.8, 4) is 11.5 Å². The zero-order valence-corrected chi connectivity index (χ0v) is 21.8. The predicted molar refractivity (Wildman–Crippen MR) is 121 cm³/mol. The highest BCUT2D eigenvalue weighted by molar-refractivity contribution is 6.83. The molecular weight excluding hydrogens is 386 g/mol. The first-order valence-corrected chi connectivity index (χ1v) is 16.6. The van der Waals surface area contributed by atoms with Crippen LogP contribution in [0.1, 0.15) is 48.0 Å². The van der Waals surface area contributed by atoms with Gasteiger partial charge >= 0.3 is 6.09 Å². The van der Waals surface area contributed by atoms with E-state index in [9.17, 15) is 9.90 Å². The van der Waals surface area contributed by atoms with Crippen molar-refractivity contribution in [3.05, 3.63) is 0 Å². The Balaban J connectivity index is 3.18. The molecule has 0 aromatic carbocycles. The Bertz CT molecular complexity index is 618. The van der Waals surface area contributed by atoms with Gasteiger partial charge in [0.15, 0.2) is 8.32 Å². The largest absolute Gasteiger partial charge is 0.444 e. The van der Waals surface area contributed by atoms with Crippen molar-refractivity contribution in [2.45, 2.75) is 110 Å². The second kappa shape index (κ2) is 8.51. The quantitative estimate of drug-likeness (QED) is 0.527. The fourth-order valence-electron chi connectivity index (χ4n) is 2.75. The van der Waals surface area contributed by atoms with Gasteiger partial charge in [0.25, 0.3) is 0 Å². The summed E-state index contributed by atoms with van der Waals surface area (Å²) in [5.74, 6) is 3.02. The third kappa shape index (κ3) is 7.21. The molecule has 0 radical (unpaired) electrons. The van der Waals surface area contributed by atoms with Gasteiger partial charge in [-0.15, -0.1) is 5.54 Å². The van der Waals surface area contributed by atoms with Crippen LogP contribution in [0.4, 0.5) is 4.79 Å². The Morgan fingerprint density at radius 3 is 2.07 bits per heavy atom. The summed E-state index contributed by atoms with van der Waals surface area (Å²) in [4.78, 5) is 14.4. The zero-order chi connectivity index (χ0) is 22.1. The fraction of sp³-hybridized carbons (Fsp3) is 0.857. The number of amides is 1. The van der Waals surface area contributed by atoms with Crippen molar-refractivity contribution < 1.29 is 19.1 Å². The maximum Gasteiger partial charge on any atom is 0.410 e. The van der Waals surface area contributed by atoms with Crippen LogP contribution in [-0.4, -0.2) is 62.9 Å². The fourth-order valence-corrected chi connectivity index (χ4v) is 4.70. The van der Waals surface area contributed by atoms with Crippen molar-refractivity contribution in [2.75, 3.05) is 6.54 Å². The van der Waals surface area contributed by atoms with Gasteiger partial charge < -0.3 is 14.3 Å². The molecule has 1 rings (SSSR count). The number of aliphatic hydroxyl groups excluding tert-OH is 1. The van der Waals surface area contributed by atoms with E-state index >= 15 is 0 Å². The maximum absolute atomic E-state index is 12.8. The van der Waals surface area contributed by atoms with Crippen LogP contribution in [0, 0.1) is 11.5 Å². The normalized spacial score (nSPS) is 22.5. The minimum Gasteiger partial charge on any atom is -0.444 e. The van der Waals surface area contributed by atoms with Crippen LogP contribution < -0.4 is 0 Å². The van der Waals surface area contributed by atoms with Crippen LogP contribution in [0.15, 0.2) is 0 Å². The molecule has 1 fully saturated rings. The van der Waals surface area contributed by atoms with Gasteiger partial charge in [-0.3, -0.25) is 4.90 Å². The maximum atomic E-state index is 12.8. The SMILES string of the molecule is CC(C)(C)OC(=O)N1CC[C@H](O[Si](C)(C)C(C)(C)C)[C@H]1C(O)C#C[Si](C)(C)C. The second-order valence-corrected chi connectivity index (χ2v) is 20.8. The monoisotopic (exact) mass is 427 g/mol. The number of ether oxygens (including phenoxy) is 1. The highest BCUT2D eigenvalue weighted by Crippen LogP contribution is 2.39. The van der Waals surface area contributed by atoms with Crippen molar-refractivity contribution in [1.82, 2.24) is 4.90 Å². The molecule has 1 heterocycles. The first kappa shape index (κ1) is 25.2. The first-order valence-electron chi connectivity index (χ1n) is 10.2. The van der Waals surface area contributed by atoms with Gasteiger partial charge in [-0.05, 0) is 45.3 Å². The Morgan fingerprint density at radius 2 is 1.64 bits per heavy atom. The molecule has 1 saturated heterocycles. The van der Waals surface area contributed by atoms with E-state index in [0.29, 0.717) is 13.0 Å². The summed E-state index contributed by atoms with van der Waals surface area (Å²) in [5.41, 5.74) is 2.65. The molecule has 3 atom stereocenters. The molecule has 0 bridgehead atoms. The average molecular weight is 428 g/mol. The summed E-state index contributed by atoms with van der Waals surface area (Å²) in [7, 11) is -3.70. The molecule has 1 unspecified atom stereocenters. The lowest BCUT2D eigenvalue weighted by molar-refractivity contribution is -0.00105. The van der Waals surface area contributed by atoms with E-state index in [4.69, 9.17) is 9.16 Å². The molecule has 1 aliphatic rings. The number of carbonyl (C=O) groups is 1. The molecule has 1 aliphatic heterocycles. The molecule has 162 valence electrons. The van der Waals surface area contributed by atoms with Crippen LogP contribution in [0.25, 0.3) is 0 Å². The van der Waals surface area contributed by atoms with Gasteiger partial charge in [0.2, 0.25) is 0 Å². The molecule has 0 aromatic rings. The summed E-state index contributed by atoms with van der Waals surface area (Å²) in [6.07, 6.45) is -0.911. The second-order valence-electron chi connectivity index (χ2n) is 11.3. The number of aliphatic hydroxyl groups is 1. The molecule has 1 N–H and O–H groups in total. The Hall–Kier alpha value is -0.816. The summed E-state index contributed by atoms with van der Waals surface area (Å²) in [6, 6.07) is -0.507. The molecule has 28 heavy (non-hydrogen) atoms. The lowest BCUT2D eigenvalue weighted by Crippen LogP contribution is -2.53. The van der Waals surface area contributed by atoms with E-state index in [1.54, 1.807) is 4.90 Å². The van der Waals surface area contributed by atoms with Crippen LogP contribution in [0.5, 0.6) is 0 Å². The van der Waals surface area contributed by atoms with Gasteiger partial charge in [0.05, 0.1) is 12.1 Å². The minimum atomic E-state index is -2.06. The molecule has 0 aromatic heterocycles. The minimum absolute atomic E-state index is 0.0475. The number of rotatable bonds is 3. The Kier molecular flexibility index (Phi) is 7.66. The lowest BCUT2D eigenvalue weighted by Gasteiger charge is -2.41. The van der Waals surface area contributed by atoms with Crippen molar-refractivity contribution in [2.24, 2.45) is 0 Å². The Morgan fingerprint density at radius 1 is 1.11 bits per heavy atom. The van der Waals surface area contributed by atoms with E-state index in [0.717, 1.165) is 0 Å². The van der Waals surface area contributed by atoms with Crippen LogP contribution in [0.2, 0.25) is 37.8 Å². The number of likely N-dealkylation sites (tertiary alicyclic amines) is 1. The van der Waals surface area contributed by atoms with E-state index in [2.05, 4.69) is 65.0 Å². The van der Waals surface area contributed by atoms with Crippen molar-refractivity contribution >= 4 is 22.5 Å². The number of carbonyl (C=O) groups excluding carboxylic acids is 1. The predicted octanol–water partition coefficient (Wildman–Crippen LogP) is 4.63. The van der Waals surface area contributed by atoms with Gasteiger partial charge in [-0.1, -0.05) is 46.3 Å². The highest BCUT2D eigenvalue weighted by atomic mass is 28.4. The molecular formula is C21H41NO4Si2. The smallest absolute Gasteiger partial charge is 0.410 e. The van der Waals surface area contributed by atoms with Crippen LogP contribution in [-0.2, 0) is 9.16 Å². The molecule has 0 saturated carbocycles. The van der Waals surface area contributed by atoms with Crippen molar-refractivity contribution in [3.63, 3.8) is 0 Å². The lowest BCUT2D eigenvalue weighted by atomic mass is 10.1. The van der Waals surface area contributed by atoms with Gasteiger partial charge in [-0.2, -0.15) is 0 Å². The third-order valence-electron chi connectivity index (χ3n) is 5.19. The molecule has 7 heteroatoms. The zero-order valence-electron chi connectivity index (χ0n) is 19.8. The molecule has 0 spiro atoms. The number of hydrogen-bond donors (Lipinski definition) is 1. The number of nitrogens with zero attached hydrogens (tertiary/aromatic N) is 1. The van der Waals surface area contributed by atoms with E-state index in [1.165, 1.54) is 0 Å². The summed E-state index contributed by atoms with van der Waals surface area (Å²) in [6.45, 7) is 23.4. The van der Waals surface area contributed by atoms with E-state index < -0.39 is 40.2 Å². The van der Waals surface area contributed by atoms with E-state index in [-0.39, 0.29) is 11.1 Å². The first-order chi connectivity index (χ1) is 12.3. The molecule has 5 nitrogen and oxygen atoms in total. The van der Waals surface area contributed by atoms with Crippen molar-refractivity contribution in [1.29, 1.82) is 0 Å². The Labute approximate surface area is 174 Å². The number of hydrogen-bond acceptors (Lipinski definition) is 4. The summed E-state index contributed by atoms with van der Waals surface area (Å²) >= 11 is 0. The van der Waals surface area contributed by atoms with Gasteiger partial charge in [0, 0.05) is 6.54 Å². The average Bonchev–Trinajstić information content (AvgIpc) is 2.84. The van der Waals surface area contributed by atoms with Crippen LogP contribution >= 0.6 is 0 Å². The van der Waals surface area contributed by atoms with E-state index in [1.807, 2.05) is 20.8 Å². The third-order valence-corrected chi connectivity index (χ3v) is 10.6. The summed E-state index contributed by atoms with van der Waals surface area (Å²) in [5, 5.41) is 11.0.